The Kier molecular flexibility index (Phi) is 7.27. The fourth-order valence-corrected chi connectivity index (χ4v) is 3.99. The molecule has 0 amide bonds. The van der Waals surface area contributed by atoms with Gasteiger partial charge in [-0.25, -0.2) is 9.37 Å². The Balaban J connectivity index is 1.21. The second-order valence-electron chi connectivity index (χ2n) is 8.53. The number of phenols is 1. The predicted octanol–water partition coefficient (Wildman–Crippen LogP) is 5.56. The lowest BCUT2D eigenvalue weighted by Gasteiger charge is -2.27. The van der Waals surface area contributed by atoms with Crippen LogP contribution in [0.3, 0.4) is 0 Å². The molecule has 9 nitrogen and oxygen atoms in total. The smallest absolute Gasteiger partial charge is 0.270 e. The first kappa shape index (κ1) is 24.3. The van der Waals surface area contributed by atoms with E-state index in [0.717, 1.165) is 40.1 Å². The highest BCUT2D eigenvalue weighted by Crippen LogP contribution is 2.26. The van der Waals surface area contributed by atoms with E-state index in [4.69, 9.17) is 4.74 Å². The summed E-state index contributed by atoms with van der Waals surface area (Å²) in [5.41, 5.74) is 5.32. The molecule has 10 heteroatoms. The molecule has 5 rings (SSSR count). The number of nitrogens with one attached hydrogen (secondary N) is 1. The van der Waals surface area contributed by atoms with Gasteiger partial charge in [0.15, 0.2) is 11.6 Å². The van der Waals surface area contributed by atoms with E-state index >= 15 is 0 Å². The van der Waals surface area contributed by atoms with Crippen molar-refractivity contribution in [3.05, 3.63) is 84.1 Å². The van der Waals surface area contributed by atoms with Gasteiger partial charge in [0, 0.05) is 18.8 Å². The lowest BCUT2D eigenvalue weighted by atomic mass is 10.1. The van der Waals surface area contributed by atoms with Gasteiger partial charge < -0.3 is 20.1 Å². The minimum absolute atomic E-state index is 0.104. The number of aromatic nitrogens is 3. The summed E-state index contributed by atoms with van der Waals surface area (Å²) in [7, 11) is 0. The number of aryl methyl sites for hydroxylation is 1. The molecule has 2 aromatic heterocycles. The third kappa shape index (κ3) is 6.04. The molecule has 2 aromatic carbocycles. The van der Waals surface area contributed by atoms with E-state index < -0.39 is 5.82 Å². The number of azo groups is 1. The second-order valence-corrected chi connectivity index (χ2v) is 8.53. The predicted molar refractivity (Wildman–Crippen MR) is 139 cm³/mol. The van der Waals surface area contributed by atoms with Crippen LogP contribution in [-0.4, -0.2) is 46.4 Å². The first-order valence-corrected chi connectivity index (χ1v) is 11.9. The molecule has 2 N–H and O–H groups in total. The zero-order chi connectivity index (χ0) is 25.6. The van der Waals surface area contributed by atoms with Crippen molar-refractivity contribution in [1.82, 2.24) is 15.0 Å². The zero-order valence-electron chi connectivity index (χ0n) is 20.3. The van der Waals surface area contributed by atoms with E-state index in [1.807, 2.05) is 60.4 Å². The zero-order valence-corrected chi connectivity index (χ0v) is 20.3. The minimum Gasteiger partial charge on any atom is -0.508 e. The molecule has 1 aliphatic heterocycles. The van der Waals surface area contributed by atoms with E-state index in [0.29, 0.717) is 26.3 Å². The van der Waals surface area contributed by atoms with E-state index in [9.17, 15) is 9.50 Å². The largest absolute Gasteiger partial charge is 0.508 e. The first-order valence-electron chi connectivity index (χ1n) is 11.9. The topological polar surface area (TPSA) is 108 Å². The number of morpholine rings is 1. The van der Waals surface area contributed by atoms with Crippen LogP contribution < -0.4 is 10.2 Å². The van der Waals surface area contributed by atoms with Gasteiger partial charge >= 0.3 is 0 Å². The molecular formula is C27H26FN7O2. The quantitative estimate of drug-likeness (QED) is 0.321. The normalized spacial score (nSPS) is 13.7. The van der Waals surface area contributed by atoms with E-state index in [1.165, 1.54) is 0 Å². The summed E-state index contributed by atoms with van der Waals surface area (Å²) in [4.78, 5) is 14.6. The van der Waals surface area contributed by atoms with Crippen molar-refractivity contribution >= 4 is 23.1 Å². The van der Waals surface area contributed by atoms with Gasteiger partial charge in [0.25, 0.3) is 5.95 Å². The number of benzene rings is 2. The minimum atomic E-state index is -0.491. The number of ether oxygens (including phenoxy) is 1. The van der Waals surface area contributed by atoms with Crippen molar-refractivity contribution in [3.63, 3.8) is 0 Å². The molecule has 0 atom stereocenters. The summed E-state index contributed by atoms with van der Waals surface area (Å²) in [6, 6.07) is 18.9. The average Bonchev–Trinajstić information content (AvgIpc) is 2.92. The summed E-state index contributed by atoms with van der Waals surface area (Å²) in [5.74, 6) is 0.0675. The van der Waals surface area contributed by atoms with Crippen molar-refractivity contribution in [2.75, 3.05) is 36.5 Å². The average molecular weight is 500 g/mol. The first-order chi connectivity index (χ1) is 18.0. The van der Waals surface area contributed by atoms with Crippen LogP contribution in [0.25, 0.3) is 11.1 Å². The maximum atomic E-state index is 14.2. The molecule has 1 aliphatic rings. The maximum Gasteiger partial charge on any atom is 0.270 e. The fourth-order valence-electron chi connectivity index (χ4n) is 3.99. The van der Waals surface area contributed by atoms with Crippen LogP contribution >= 0.6 is 0 Å². The van der Waals surface area contributed by atoms with Gasteiger partial charge in [-0.1, -0.05) is 24.3 Å². The molecule has 0 bridgehead atoms. The molecule has 4 aromatic rings. The van der Waals surface area contributed by atoms with Crippen LogP contribution in [-0.2, 0) is 11.3 Å². The van der Waals surface area contributed by atoms with Crippen molar-refractivity contribution in [3.8, 4) is 16.9 Å². The van der Waals surface area contributed by atoms with Gasteiger partial charge in [-0.2, -0.15) is 10.1 Å². The van der Waals surface area contributed by atoms with E-state index in [-0.39, 0.29) is 24.1 Å². The number of pyridine rings is 1. The Morgan fingerprint density at radius 2 is 1.84 bits per heavy atom. The van der Waals surface area contributed by atoms with Gasteiger partial charge in [0.2, 0.25) is 0 Å². The number of nitrogens with zero attached hydrogens (tertiary/aromatic N) is 6. The lowest BCUT2D eigenvalue weighted by molar-refractivity contribution is 0.122. The van der Waals surface area contributed by atoms with Crippen molar-refractivity contribution in [2.45, 2.75) is 13.5 Å². The van der Waals surface area contributed by atoms with Gasteiger partial charge in [-0.3, -0.25) is 4.98 Å². The molecule has 0 radical (unpaired) electrons. The summed E-state index contributed by atoms with van der Waals surface area (Å²) >= 11 is 0. The Hall–Kier alpha value is -4.44. The number of hydrogen-bond acceptors (Lipinski definition) is 9. The standard InChI is InChI=1S/C27H26FN7O2/c1-18-25(32-21-7-5-19(6-8-21)20-3-2-4-23(36)15-20)10-9-22(31-18)16-30-34-27-29-17-24(28)26(33-27)35-11-13-37-14-12-35/h2-10,15,17,32,36H,11-14,16H2,1H3. The number of phenolic OH excluding ortho intramolecular Hbond substituents is 1. The SMILES string of the molecule is Cc1nc(CN=Nc2ncc(F)c(N3CCOCC3)n2)ccc1Nc1ccc(-c2cccc(O)c2)cc1. The molecule has 1 fully saturated rings. The Bertz CT molecular complexity index is 1410. The van der Waals surface area contributed by atoms with Gasteiger partial charge in [0.1, 0.15) is 12.3 Å². The summed E-state index contributed by atoms with van der Waals surface area (Å²) in [6.45, 7) is 4.35. The number of halogens is 1. The van der Waals surface area contributed by atoms with E-state index in [1.54, 1.807) is 12.1 Å². The third-order valence-corrected chi connectivity index (χ3v) is 5.90. The van der Waals surface area contributed by atoms with Gasteiger partial charge in [0.05, 0.1) is 36.5 Å². The summed E-state index contributed by atoms with van der Waals surface area (Å²) in [6.07, 6.45) is 1.12. The Morgan fingerprint density at radius 1 is 1.03 bits per heavy atom. The van der Waals surface area contributed by atoms with Crippen LogP contribution in [0, 0.1) is 12.7 Å². The second kappa shape index (κ2) is 11.1. The van der Waals surface area contributed by atoms with Crippen molar-refractivity contribution in [1.29, 1.82) is 0 Å². The molecule has 188 valence electrons. The highest BCUT2D eigenvalue weighted by molar-refractivity contribution is 5.69. The summed E-state index contributed by atoms with van der Waals surface area (Å²) in [5, 5.41) is 21.3. The highest BCUT2D eigenvalue weighted by Gasteiger charge is 2.17. The number of anilines is 3. The lowest BCUT2D eigenvalue weighted by Crippen LogP contribution is -2.37. The van der Waals surface area contributed by atoms with E-state index in [2.05, 4.69) is 30.5 Å². The number of aromatic hydroxyl groups is 1. The van der Waals surface area contributed by atoms with Crippen molar-refractivity contribution < 1.29 is 14.2 Å². The Labute approximate surface area is 213 Å². The number of rotatable bonds is 7. The molecule has 1 saturated heterocycles. The van der Waals surface area contributed by atoms with Crippen LogP contribution in [0.5, 0.6) is 5.75 Å². The van der Waals surface area contributed by atoms with Crippen LogP contribution in [0.15, 0.2) is 77.1 Å². The monoisotopic (exact) mass is 499 g/mol. The van der Waals surface area contributed by atoms with Gasteiger partial charge in [-0.05, 0) is 54.4 Å². The molecule has 37 heavy (non-hydrogen) atoms. The highest BCUT2D eigenvalue weighted by atomic mass is 19.1. The van der Waals surface area contributed by atoms with Crippen LogP contribution in [0.4, 0.5) is 27.5 Å². The fraction of sp³-hybridized carbons (Fsp3) is 0.222. The molecule has 0 unspecified atom stereocenters. The number of hydrogen-bond donors (Lipinski definition) is 2. The molecule has 0 saturated carbocycles. The summed E-state index contributed by atoms with van der Waals surface area (Å²) < 4.78 is 19.5. The molecular weight excluding hydrogens is 473 g/mol. The third-order valence-electron chi connectivity index (χ3n) is 5.90. The van der Waals surface area contributed by atoms with Gasteiger partial charge in [-0.15, -0.1) is 5.11 Å². The molecule has 0 aliphatic carbocycles. The molecule has 0 spiro atoms. The Morgan fingerprint density at radius 3 is 2.59 bits per heavy atom. The van der Waals surface area contributed by atoms with Crippen molar-refractivity contribution in [2.24, 2.45) is 10.2 Å². The molecule has 3 heterocycles. The van der Waals surface area contributed by atoms with Crippen LogP contribution in [0.2, 0.25) is 0 Å². The van der Waals surface area contributed by atoms with Crippen LogP contribution in [0.1, 0.15) is 11.4 Å². The maximum absolute atomic E-state index is 14.2.